The third-order valence-electron chi connectivity index (χ3n) is 4.64. The summed E-state index contributed by atoms with van der Waals surface area (Å²) in [6.45, 7) is 0.459. The molecule has 3 heterocycles. The quantitative estimate of drug-likeness (QED) is 0.507. The Morgan fingerprint density at radius 2 is 2.19 bits per heavy atom. The molecular weight excluding hydrogens is 420 g/mol. The van der Waals surface area contributed by atoms with Gasteiger partial charge in [-0.2, -0.15) is 15.5 Å². The van der Waals surface area contributed by atoms with Crippen LogP contribution < -0.4 is 10.6 Å². The summed E-state index contributed by atoms with van der Waals surface area (Å²) in [6, 6.07) is 6.44. The molecule has 162 valence electrons. The van der Waals surface area contributed by atoms with Gasteiger partial charge >= 0.3 is 6.03 Å². The number of nitriles is 1. The second-order valence-electron chi connectivity index (χ2n) is 6.79. The molecule has 2 amide bonds. The summed E-state index contributed by atoms with van der Waals surface area (Å²) in [5.74, 6) is -0.977. The van der Waals surface area contributed by atoms with Gasteiger partial charge in [0, 0.05) is 31.9 Å². The molecule has 2 aromatic heterocycles. The van der Waals surface area contributed by atoms with Crippen molar-refractivity contribution in [3.8, 4) is 17.5 Å². The molecule has 1 aromatic carbocycles. The fourth-order valence-electron chi connectivity index (χ4n) is 3.20. The Hall–Kier alpha value is -4.40. The molecule has 3 N–H and O–H groups in total. The van der Waals surface area contributed by atoms with E-state index in [2.05, 4.69) is 35.9 Å². The summed E-state index contributed by atoms with van der Waals surface area (Å²) in [7, 11) is 0. The minimum Gasteiger partial charge on any atom is -0.352 e. The Morgan fingerprint density at radius 3 is 2.97 bits per heavy atom. The highest BCUT2D eigenvalue weighted by Gasteiger charge is 2.28. The summed E-state index contributed by atoms with van der Waals surface area (Å²) in [4.78, 5) is 20.5. The van der Waals surface area contributed by atoms with Crippen LogP contribution in [0.25, 0.3) is 11.4 Å². The highest BCUT2D eigenvalue weighted by molar-refractivity contribution is 5.78. The van der Waals surface area contributed by atoms with Crippen molar-refractivity contribution in [1.82, 2.24) is 30.5 Å². The lowest BCUT2D eigenvalue weighted by molar-refractivity contribution is 0.186. The van der Waals surface area contributed by atoms with Gasteiger partial charge in [-0.05, 0) is 29.8 Å². The molecule has 0 aliphatic carbocycles. The van der Waals surface area contributed by atoms with E-state index < -0.39 is 23.7 Å². The van der Waals surface area contributed by atoms with Gasteiger partial charge in [0.1, 0.15) is 17.2 Å². The van der Waals surface area contributed by atoms with Crippen LogP contribution in [-0.2, 0) is 0 Å². The lowest BCUT2D eigenvalue weighted by Crippen LogP contribution is -2.39. The van der Waals surface area contributed by atoms with E-state index in [1.54, 1.807) is 18.5 Å². The number of hydrazone groups is 1. The molecule has 1 atom stereocenters. The number of aromatic amines is 1. The van der Waals surface area contributed by atoms with Crippen molar-refractivity contribution < 1.29 is 13.6 Å². The zero-order chi connectivity index (χ0) is 22.5. The Bertz CT molecular complexity index is 1190. The second kappa shape index (κ2) is 9.17. The maximum Gasteiger partial charge on any atom is 0.338 e. The number of aromatic nitrogens is 4. The van der Waals surface area contributed by atoms with Crippen molar-refractivity contribution in [1.29, 1.82) is 5.26 Å². The normalized spacial score (nSPS) is 14.9. The van der Waals surface area contributed by atoms with E-state index in [4.69, 9.17) is 5.26 Å². The van der Waals surface area contributed by atoms with Gasteiger partial charge in [0.2, 0.25) is 5.95 Å². The molecule has 1 aliphatic rings. The number of rotatable bonds is 6. The summed E-state index contributed by atoms with van der Waals surface area (Å²) in [5.41, 5.74) is 1.05. The van der Waals surface area contributed by atoms with Gasteiger partial charge in [0.25, 0.3) is 0 Å². The van der Waals surface area contributed by atoms with Gasteiger partial charge in [-0.15, -0.1) is 0 Å². The molecule has 0 unspecified atom stereocenters. The molecule has 0 saturated heterocycles. The second-order valence-corrected chi connectivity index (χ2v) is 6.79. The molecule has 10 nitrogen and oxygen atoms in total. The number of carbonyl (C=O) groups excluding carboxylic acids is 1. The SMILES string of the molecule is N#Cc1cc(F)cc([C@@H]2CC=NN2C(=O)NCCNc2ncc(F)c(-c3cc[nH]n3)n2)c1. The molecular formula is C20H17F2N9O. The van der Waals surface area contributed by atoms with E-state index in [1.807, 2.05) is 6.07 Å². The number of hydrogen-bond acceptors (Lipinski definition) is 7. The molecule has 0 spiro atoms. The van der Waals surface area contributed by atoms with Crippen molar-refractivity contribution in [2.75, 3.05) is 18.4 Å². The van der Waals surface area contributed by atoms with Crippen LogP contribution >= 0.6 is 0 Å². The zero-order valence-corrected chi connectivity index (χ0v) is 16.6. The van der Waals surface area contributed by atoms with Crippen LogP contribution in [0.3, 0.4) is 0 Å². The Labute approximate surface area is 181 Å². The van der Waals surface area contributed by atoms with Crippen molar-refractivity contribution in [3.05, 3.63) is 59.4 Å². The first-order valence-corrected chi connectivity index (χ1v) is 9.62. The van der Waals surface area contributed by atoms with Gasteiger partial charge in [-0.1, -0.05) is 0 Å². The van der Waals surface area contributed by atoms with Crippen molar-refractivity contribution in [2.24, 2.45) is 5.10 Å². The number of H-pyrrole nitrogens is 1. The number of carbonyl (C=O) groups is 1. The topological polar surface area (TPSA) is 135 Å². The molecule has 4 rings (SSSR count). The molecule has 1 aliphatic heterocycles. The minimum atomic E-state index is -0.606. The first kappa shape index (κ1) is 20.9. The van der Waals surface area contributed by atoms with Gasteiger partial charge in [-0.25, -0.2) is 28.6 Å². The minimum absolute atomic E-state index is 0.0499. The number of halogens is 2. The Balaban J connectivity index is 1.33. The molecule has 32 heavy (non-hydrogen) atoms. The largest absolute Gasteiger partial charge is 0.352 e. The molecule has 0 fully saturated rings. The van der Waals surface area contributed by atoms with Gasteiger partial charge < -0.3 is 10.6 Å². The zero-order valence-electron chi connectivity index (χ0n) is 16.6. The van der Waals surface area contributed by atoms with Crippen LogP contribution in [0.1, 0.15) is 23.6 Å². The first-order valence-electron chi connectivity index (χ1n) is 9.62. The van der Waals surface area contributed by atoms with E-state index >= 15 is 0 Å². The average Bonchev–Trinajstić information content (AvgIpc) is 3.49. The van der Waals surface area contributed by atoms with E-state index in [0.717, 1.165) is 12.3 Å². The van der Waals surface area contributed by atoms with E-state index in [-0.39, 0.29) is 30.3 Å². The summed E-state index contributed by atoms with van der Waals surface area (Å²) < 4.78 is 27.7. The standard InChI is InChI=1S/C20H17F2N9O/c21-14-8-12(10-23)7-13(9-14)17-2-4-28-31(17)20(32)25-6-5-24-19-26-11-15(22)18(29-19)16-1-3-27-30-16/h1,3-4,7-9,11,17H,2,5-6H2,(H,25,32)(H,27,30)(H,24,26,29)/t17-/m0/s1. The highest BCUT2D eigenvalue weighted by atomic mass is 19.1. The lowest BCUT2D eigenvalue weighted by Gasteiger charge is -2.22. The predicted molar refractivity (Wildman–Crippen MR) is 110 cm³/mol. The van der Waals surface area contributed by atoms with Gasteiger partial charge in [0.15, 0.2) is 5.82 Å². The van der Waals surface area contributed by atoms with Crippen LogP contribution in [0.15, 0.2) is 41.8 Å². The molecule has 0 bridgehead atoms. The first-order chi connectivity index (χ1) is 15.5. The Morgan fingerprint density at radius 1 is 1.31 bits per heavy atom. The van der Waals surface area contributed by atoms with Gasteiger partial charge in [0.05, 0.1) is 23.9 Å². The van der Waals surface area contributed by atoms with Gasteiger partial charge in [-0.3, -0.25) is 5.10 Å². The summed E-state index contributed by atoms with van der Waals surface area (Å²) >= 11 is 0. The number of amides is 2. The fraction of sp³-hybridized carbons (Fsp3) is 0.200. The Kier molecular flexibility index (Phi) is 5.98. The molecule has 12 heteroatoms. The third-order valence-corrected chi connectivity index (χ3v) is 4.64. The average molecular weight is 437 g/mol. The maximum absolute atomic E-state index is 13.9. The van der Waals surface area contributed by atoms with Crippen LogP contribution in [0, 0.1) is 23.0 Å². The molecule has 0 saturated carbocycles. The van der Waals surface area contributed by atoms with Crippen LogP contribution in [-0.4, -0.2) is 50.5 Å². The number of hydrogen-bond donors (Lipinski definition) is 3. The number of urea groups is 1. The van der Waals surface area contributed by atoms with Crippen molar-refractivity contribution in [3.63, 3.8) is 0 Å². The summed E-state index contributed by atoms with van der Waals surface area (Å²) in [5, 5.41) is 26.4. The third kappa shape index (κ3) is 4.51. The monoisotopic (exact) mass is 437 g/mol. The van der Waals surface area contributed by atoms with Crippen molar-refractivity contribution >= 4 is 18.2 Å². The van der Waals surface area contributed by atoms with E-state index in [0.29, 0.717) is 17.7 Å². The predicted octanol–water partition coefficient (Wildman–Crippen LogP) is 2.57. The van der Waals surface area contributed by atoms with Crippen molar-refractivity contribution in [2.45, 2.75) is 12.5 Å². The number of nitrogens with one attached hydrogen (secondary N) is 3. The number of nitrogens with zero attached hydrogens (tertiary/aromatic N) is 6. The van der Waals surface area contributed by atoms with E-state index in [9.17, 15) is 13.6 Å². The van der Waals surface area contributed by atoms with E-state index in [1.165, 1.54) is 17.1 Å². The number of anilines is 1. The van der Waals surface area contributed by atoms with Crippen LogP contribution in [0.2, 0.25) is 0 Å². The summed E-state index contributed by atoms with van der Waals surface area (Å²) in [6.07, 6.45) is 4.55. The molecule has 0 radical (unpaired) electrons. The highest BCUT2D eigenvalue weighted by Crippen LogP contribution is 2.29. The lowest BCUT2D eigenvalue weighted by atomic mass is 10.0. The fourth-order valence-corrected chi connectivity index (χ4v) is 3.20. The molecule has 3 aromatic rings. The van der Waals surface area contributed by atoms with Crippen LogP contribution in [0.5, 0.6) is 0 Å². The smallest absolute Gasteiger partial charge is 0.338 e. The van der Waals surface area contributed by atoms with Crippen LogP contribution in [0.4, 0.5) is 19.5 Å². The number of benzene rings is 1. The maximum atomic E-state index is 13.9.